The molecule has 0 saturated carbocycles. The van der Waals surface area contributed by atoms with Gasteiger partial charge < -0.3 is 9.64 Å². The molecule has 1 amide bonds. The maximum Gasteiger partial charge on any atom is 0.573 e. The predicted molar refractivity (Wildman–Crippen MR) is 56.9 cm³/mol. The fourth-order valence-corrected chi connectivity index (χ4v) is 1.26. The summed E-state index contributed by atoms with van der Waals surface area (Å²) in [5, 5.41) is 8.85. The Morgan fingerprint density at radius 1 is 1.44 bits per heavy atom. The van der Waals surface area contributed by atoms with Crippen molar-refractivity contribution in [3.8, 4) is 11.8 Å². The van der Waals surface area contributed by atoms with Gasteiger partial charge in [-0.15, -0.1) is 13.2 Å². The minimum atomic E-state index is -4.82. The number of carbonyl (C=O) groups is 1. The summed E-state index contributed by atoms with van der Waals surface area (Å²) in [7, 11) is 1.42. The molecule has 4 nitrogen and oxygen atoms in total. The number of hydrogen-bond acceptors (Lipinski definition) is 3. The standard InChI is InChI=1S/C11H9F3N2O2/c1-7(17)16(2)10-4-3-9(5-8(10)6-15)18-11(12,13)14/h3-5H,1-2H3. The molecule has 0 saturated heterocycles. The fourth-order valence-electron chi connectivity index (χ4n) is 1.26. The topological polar surface area (TPSA) is 53.3 Å². The van der Waals surface area contributed by atoms with Crippen LogP contribution in [0.4, 0.5) is 18.9 Å². The van der Waals surface area contributed by atoms with Gasteiger partial charge in [-0.2, -0.15) is 5.26 Å². The van der Waals surface area contributed by atoms with E-state index in [-0.39, 0.29) is 17.2 Å². The molecule has 0 aliphatic carbocycles. The fraction of sp³-hybridized carbons (Fsp3) is 0.273. The smallest absolute Gasteiger partial charge is 0.406 e. The third kappa shape index (κ3) is 3.38. The van der Waals surface area contributed by atoms with E-state index >= 15 is 0 Å². The van der Waals surface area contributed by atoms with E-state index in [0.717, 1.165) is 17.0 Å². The molecule has 0 N–H and O–H groups in total. The van der Waals surface area contributed by atoms with Crippen molar-refractivity contribution in [2.24, 2.45) is 0 Å². The van der Waals surface area contributed by atoms with Crippen LogP contribution in [0.3, 0.4) is 0 Å². The van der Waals surface area contributed by atoms with Crippen LogP contribution < -0.4 is 9.64 Å². The van der Waals surface area contributed by atoms with Crippen LogP contribution in [0.5, 0.6) is 5.75 Å². The second kappa shape index (κ2) is 4.96. The van der Waals surface area contributed by atoms with Crippen LogP contribution >= 0.6 is 0 Å². The van der Waals surface area contributed by atoms with Crippen molar-refractivity contribution in [2.45, 2.75) is 13.3 Å². The van der Waals surface area contributed by atoms with E-state index in [2.05, 4.69) is 4.74 Å². The summed E-state index contributed by atoms with van der Waals surface area (Å²) >= 11 is 0. The molecule has 0 heterocycles. The van der Waals surface area contributed by atoms with Crippen molar-refractivity contribution in [3.63, 3.8) is 0 Å². The van der Waals surface area contributed by atoms with E-state index in [9.17, 15) is 18.0 Å². The van der Waals surface area contributed by atoms with Gasteiger partial charge in [0, 0.05) is 20.0 Å². The number of anilines is 1. The molecule has 0 spiro atoms. The van der Waals surface area contributed by atoms with E-state index in [1.807, 2.05) is 0 Å². The van der Waals surface area contributed by atoms with Gasteiger partial charge >= 0.3 is 6.36 Å². The van der Waals surface area contributed by atoms with Gasteiger partial charge in [-0.25, -0.2) is 0 Å². The molecule has 7 heteroatoms. The van der Waals surface area contributed by atoms with Gasteiger partial charge in [-0.3, -0.25) is 4.79 Å². The average Bonchev–Trinajstić information content (AvgIpc) is 2.25. The lowest BCUT2D eigenvalue weighted by molar-refractivity contribution is -0.274. The molecule has 0 fully saturated rings. The molecule has 96 valence electrons. The highest BCUT2D eigenvalue weighted by atomic mass is 19.4. The lowest BCUT2D eigenvalue weighted by atomic mass is 10.1. The number of benzene rings is 1. The van der Waals surface area contributed by atoms with E-state index < -0.39 is 12.1 Å². The summed E-state index contributed by atoms with van der Waals surface area (Å²) in [5.41, 5.74) is 0.147. The Hall–Kier alpha value is -2.23. The molecule has 0 aliphatic rings. The van der Waals surface area contributed by atoms with Gasteiger partial charge in [-0.1, -0.05) is 0 Å². The maximum absolute atomic E-state index is 12.0. The largest absolute Gasteiger partial charge is 0.573 e. The highest BCUT2D eigenvalue weighted by molar-refractivity contribution is 5.92. The summed E-state index contributed by atoms with van der Waals surface area (Å²) < 4.78 is 39.7. The molecule has 1 aromatic carbocycles. The molecule has 0 aliphatic heterocycles. The van der Waals surface area contributed by atoms with Gasteiger partial charge in [-0.05, 0) is 12.1 Å². The summed E-state index contributed by atoms with van der Waals surface area (Å²) in [4.78, 5) is 12.3. The summed E-state index contributed by atoms with van der Waals surface area (Å²) in [6.45, 7) is 1.28. The molecular weight excluding hydrogens is 249 g/mol. The van der Waals surface area contributed by atoms with Gasteiger partial charge in [0.05, 0.1) is 11.3 Å². The molecule has 18 heavy (non-hydrogen) atoms. The van der Waals surface area contributed by atoms with Crippen LogP contribution in [0.15, 0.2) is 18.2 Å². The minimum Gasteiger partial charge on any atom is -0.406 e. The number of alkyl halides is 3. The van der Waals surface area contributed by atoms with Crippen molar-refractivity contribution < 1.29 is 22.7 Å². The molecule has 0 radical (unpaired) electrons. The molecular formula is C11H9F3N2O2. The van der Waals surface area contributed by atoms with Crippen LogP contribution in [0.2, 0.25) is 0 Å². The van der Waals surface area contributed by atoms with Gasteiger partial charge in [0.2, 0.25) is 5.91 Å². The number of halogens is 3. The van der Waals surface area contributed by atoms with E-state index in [4.69, 9.17) is 5.26 Å². The number of nitrogens with zero attached hydrogens (tertiary/aromatic N) is 2. The summed E-state index contributed by atoms with van der Waals surface area (Å²) in [6.07, 6.45) is -4.82. The van der Waals surface area contributed by atoms with Crippen LogP contribution in [0, 0.1) is 11.3 Å². The lowest BCUT2D eigenvalue weighted by Gasteiger charge is -2.17. The first kappa shape index (κ1) is 13.8. The Kier molecular flexibility index (Phi) is 3.81. The number of ether oxygens (including phenoxy) is 1. The zero-order valence-electron chi connectivity index (χ0n) is 9.58. The molecule has 0 bridgehead atoms. The Balaban J connectivity index is 3.13. The van der Waals surface area contributed by atoms with Crippen LogP contribution in [-0.4, -0.2) is 19.3 Å². The van der Waals surface area contributed by atoms with Crippen LogP contribution in [0.1, 0.15) is 12.5 Å². The predicted octanol–water partition coefficient (Wildman–Crippen LogP) is 2.44. The minimum absolute atomic E-state index is 0.0746. The number of hydrogen-bond donors (Lipinski definition) is 0. The number of amides is 1. The first-order valence-electron chi connectivity index (χ1n) is 4.79. The van der Waals surface area contributed by atoms with Gasteiger partial charge in [0.25, 0.3) is 0 Å². The SMILES string of the molecule is CC(=O)N(C)c1ccc(OC(F)(F)F)cc1C#N. The second-order valence-electron chi connectivity index (χ2n) is 3.42. The zero-order chi connectivity index (χ0) is 13.9. The highest BCUT2D eigenvalue weighted by Crippen LogP contribution is 2.28. The Bertz CT molecular complexity index is 506. The quantitative estimate of drug-likeness (QED) is 0.818. The van der Waals surface area contributed by atoms with Crippen molar-refractivity contribution in [1.29, 1.82) is 5.26 Å². The molecule has 0 atom stereocenters. The summed E-state index contributed by atoms with van der Waals surface area (Å²) in [6, 6.07) is 4.92. The second-order valence-corrected chi connectivity index (χ2v) is 3.42. The maximum atomic E-state index is 12.0. The normalized spacial score (nSPS) is 10.7. The average molecular weight is 258 g/mol. The van der Waals surface area contributed by atoms with Crippen molar-refractivity contribution in [2.75, 3.05) is 11.9 Å². The zero-order valence-corrected chi connectivity index (χ0v) is 9.58. The third-order valence-electron chi connectivity index (χ3n) is 2.16. The van der Waals surface area contributed by atoms with E-state index in [0.29, 0.717) is 0 Å². The van der Waals surface area contributed by atoms with Gasteiger partial charge in [0.15, 0.2) is 0 Å². The Morgan fingerprint density at radius 3 is 2.50 bits per heavy atom. The van der Waals surface area contributed by atoms with Crippen molar-refractivity contribution in [1.82, 2.24) is 0 Å². The number of nitriles is 1. The molecule has 1 aromatic rings. The van der Waals surface area contributed by atoms with Crippen LogP contribution in [-0.2, 0) is 4.79 Å². The molecule has 0 unspecified atom stereocenters. The monoisotopic (exact) mass is 258 g/mol. The van der Waals surface area contributed by atoms with Crippen molar-refractivity contribution in [3.05, 3.63) is 23.8 Å². The van der Waals surface area contributed by atoms with E-state index in [1.165, 1.54) is 20.0 Å². The number of rotatable bonds is 2. The van der Waals surface area contributed by atoms with Gasteiger partial charge in [0.1, 0.15) is 11.8 Å². The Labute approximate surface area is 101 Å². The molecule has 0 aromatic heterocycles. The number of carbonyl (C=O) groups excluding carboxylic acids is 1. The first-order valence-corrected chi connectivity index (χ1v) is 4.79. The summed E-state index contributed by atoms with van der Waals surface area (Å²) in [5.74, 6) is -0.837. The third-order valence-corrected chi connectivity index (χ3v) is 2.16. The Morgan fingerprint density at radius 2 is 2.06 bits per heavy atom. The van der Waals surface area contributed by atoms with Crippen molar-refractivity contribution >= 4 is 11.6 Å². The molecule has 1 rings (SSSR count). The van der Waals surface area contributed by atoms with E-state index in [1.54, 1.807) is 6.07 Å². The first-order chi connectivity index (χ1) is 8.24. The van der Waals surface area contributed by atoms with Crippen LogP contribution in [0.25, 0.3) is 0 Å². The highest BCUT2D eigenvalue weighted by Gasteiger charge is 2.31. The lowest BCUT2D eigenvalue weighted by Crippen LogP contribution is -2.24.